The second-order valence-electron chi connectivity index (χ2n) is 4.37. The number of anilines is 1. The molecule has 0 saturated heterocycles. The number of hydrogen-bond acceptors (Lipinski definition) is 3. The van der Waals surface area contributed by atoms with Gasteiger partial charge in [0.25, 0.3) is 0 Å². The van der Waals surface area contributed by atoms with E-state index in [1.54, 1.807) is 36.1 Å². The van der Waals surface area contributed by atoms with Gasteiger partial charge < -0.3 is 21.2 Å². The van der Waals surface area contributed by atoms with Gasteiger partial charge in [-0.3, -0.25) is 0 Å². The largest absolute Gasteiger partial charge is 0.409 e. The maximum absolute atomic E-state index is 12.2. The zero-order valence-electron chi connectivity index (χ0n) is 11.5. The van der Waals surface area contributed by atoms with Gasteiger partial charge >= 0.3 is 6.03 Å². The van der Waals surface area contributed by atoms with Crippen LogP contribution in [0, 0.1) is 5.92 Å². The minimum Gasteiger partial charge on any atom is -0.409 e. The monoisotopic (exact) mass is 298 g/mol. The van der Waals surface area contributed by atoms with E-state index in [0.29, 0.717) is 23.8 Å². The Bertz CT molecular complexity index is 493. The number of nitrogens with two attached hydrogens (primary N) is 1. The van der Waals surface area contributed by atoms with Crippen LogP contribution in [0.15, 0.2) is 29.4 Å². The third kappa shape index (κ3) is 4.31. The molecule has 0 saturated carbocycles. The first-order valence-corrected chi connectivity index (χ1v) is 6.65. The number of para-hydroxylation sites is 1. The fourth-order valence-electron chi connectivity index (χ4n) is 1.64. The molecule has 7 heteroatoms. The Labute approximate surface area is 123 Å². The van der Waals surface area contributed by atoms with Crippen LogP contribution in [0.3, 0.4) is 0 Å². The van der Waals surface area contributed by atoms with Crippen molar-refractivity contribution in [1.29, 1.82) is 0 Å². The molecule has 0 aliphatic heterocycles. The van der Waals surface area contributed by atoms with Crippen molar-refractivity contribution >= 4 is 29.2 Å². The summed E-state index contributed by atoms with van der Waals surface area (Å²) in [5, 5.41) is 14.8. The maximum atomic E-state index is 12.2. The van der Waals surface area contributed by atoms with Gasteiger partial charge in [-0.25, -0.2) is 4.79 Å². The highest BCUT2D eigenvalue weighted by atomic mass is 35.5. The average molecular weight is 299 g/mol. The number of amidine groups is 1. The normalized spacial score (nSPS) is 12.8. The fraction of sp³-hybridized carbons (Fsp3) is 0.385. The first-order chi connectivity index (χ1) is 9.49. The lowest BCUT2D eigenvalue weighted by Crippen LogP contribution is -2.41. The molecule has 1 rings (SSSR count). The smallest absolute Gasteiger partial charge is 0.321 e. The van der Waals surface area contributed by atoms with Crippen LogP contribution < -0.4 is 11.1 Å². The van der Waals surface area contributed by atoms with E-state index in [1.165, 1.54) is 0 Å². The highest BCUT2D eigenvalue weighted by Crippen LogP contribution is 2.20. The van der Waals surface area contributed by atoms with Crippen LogP contribution in [0.2, 0.25) is 5.02 Å². The molecule has 0 bridgehead atoms. The van der Waals surface area contributed by atoms with Gasteiger partial charge in [0.15, 0.2) is 0 Å². The Kier molecular flexibility index (Phi) is 6.11. The number of oxime groups is 1. The Morgan fingerprint density at radius 3 is 2.75 bits per heavy atom. The van der Waals surface area contributed by atoms with Gasteiger partial charge in [0.05, 0.1) is 10.7 Å². The SMILES string of the molecule is CCN(CC(C)C(N)=NO)C(=O)Nc1ccccc1Cl. The number of carbonyl (C=O) groups excluding carboxylic acids is 1. The van der Waals surface area contributed by atoms with Gasteiger partial charge in [-0.05, 0) is 19.1 Å². The zero-order chi connectivity index (χ0) is 15.1. The fourth-order valence-corrected chi connectivity index (χ4v) is 1.82. The molecule has 1 atom stereocenters. The number of halogens is 1. The van der Waals surface area contributed by atoms with E-state index >= 15 is 0 Å². The number of benzene rings is 1. The third-order valence-electron chi connectivity index (χ3n) is 2.90. The molecule has 0 fully saturated rings. The molecule has 1 aromatic rings. The number of urea groups is 1. The quantitative estimate of drug-likeness (QED) is 0.338. The van der Waals surface area contributed by atoms with E-state index in [-0.39, 0.29) is 17.8 Å². The molecule has 4 N–H and O–H groups in total. The van der Waals surface area contributed by atoms with E-state index in [1.807, 2.05) is 6.92 Å². The summed E-state index contributed by atoms with van der Waals surface area (Å²) < 4.78 is 0. The number of nitrogens with one attached hydrogen (secondary N) is 1. The van der Waals surface area contributed by atoms with Crippen molar-refractivity contribution in [3.8, 4) is 0 Å². The summed E-state index contributed by atoms with van der Waals surface area (Å²) in [6.07, 6.45) is 0. The van der Waals surface area contributed by atoms with Crippen LogP contribution in [-0.4, -0.2) is 35.1 Å². The number of nitrogens with zero attached hydrogens (tertiary/aromatic N) is 2. The van der Waals surface area contributed by atoms with Gasteiger partial charge in [-0.15, -0.1) is 0 Å². The van der Waals surface area contributed by atoms with Crippen molar-refractivity contribution in [3.63, 3.8) is 0 Å². The summed E-state index contributed by atoms with van der Waals surface area (Å²) in [6, 6.07) is 6.72. The third-order valence-corrected chi connectivity index (χ3v) is 3.23. The summed E-state index contributed by atoms with van der Waals surface area (Å²) in [6.45, 7) is 4.48. The molecule has 0 aliphatic carbocycles. The summed E-state index contributed by atoms with van der Waals surface area (Å²) in [5.41, 5.74) is 6.07. The molecular formula is C13H19ClN4O2. The van der Waals surface area contributed by atoms with Crippen LogP contribution in [-0.2, 0) is 0 Å². The predicted molar refractivity (Wildman–Crippen MR) is 80.3 cm³/mol. The van der Waals surface area contributed by atoms with E-state index < -0.39 is 0 Å². The molecule has 0 heterocycles. The van der Waals surface area contributed by atoms with E-state index in [2.05, 4.69) is 10.5 Å². The van der Waals surface area contributed by atoms with Crippen molar-refractivity contribution in [1.82, 2.24) is 4.90 Å². The highest BCUT2D eigenvalue weighted by molar-refractivity contribution is 6.33. The summed E-state index contributed by atoms with van der Waals surface area (Å²) in [4.78, 5) is 13.7. The number of amides is 2. The molecule has 2 amide bonds. The van der Waals surface area contributed by atoms with Crippen molar-refractivity contribution in [3.05, 3.63) is 29.3 Å². The molecule has 0 aromatic heterocycles. The lowest BCUT2D eigenvalue weighted by atomic mass is 10.1. The van der Waals surface area contributed by atoms with E-state index in [4.69, 9.17) is 22.5 Å². The van der Waals surface area contributed by atoms with Crippen molar-refractivity contribution in [2.45, 2.75) is 13.8 Å². The first-order valence-electron chi connectivity index (χ1n) is 6.27. The number of rotatable bonds is 5. The minimum absolute atomic E-state index is 0.0917. The van der Waals surface area contributed by atoms with E-state index in [9.17, 15) is 4.79 Å². The molecule has 20 heavy (non-hydrogen) atoms. The summed E-state index contributed by atoms with van der Waals surface area (Å²) >= 11 is 5.99. The van der Waals surface area contributed by atoms with Crippen LogP contribution in [0.4, 0.5) is 10.5 Å². The summed E-state index contributed by atoms with van der Waals surface area (Å²) in [5.74, 6) is -0.147. The van der Waals surface area contributed by atoms with Gasteiger partial charge in [-0.1, -0.05) is 35.8 Å². The Morgan fingerprint density at radius 1 is 1.55 bits per heavy atom. The molecule has 110 valence electrons. The molecule has 6 nitrogen and oxygen atoms in total. The van der Waals surface area contributed by atoms with Crippen molar-refractivity contribution < 1.29 is 10.0 Å². The van der Waals surface area contributed by atoms with Crippen molar-refractivity contribution in [2.75, 3.05) is 18.4 Å². The van der Waals surface area contributed by atoms with Crippen molar-refractivity contribution in [2.24, 2.45) is 16.8 Å². The van der Waals surface area contributed by atoms with Crippen LogP contribution in [0.25, 0.3) is 0 Å². The Balaban J connectivity index is 2.71. The average Bonchev–Trinajstić information content (AvgIpc) is 2.45. The molecule has 0 spiro atoms. The second-order valence-corrected chi connectivity index (χ2v) is 4.78. The van der Waals surface area contributed by atoms with Crippen LogP contribution in [0.1, 0.15) is 13.8 Å². The number of hydrogen-bond donors (Lipinski definition) is 3. The van der Waals surface area contributed by atoms with Crippen LogP contribution >= 0.6 is 11.6 Å². The summed E-state index contributed by atoms with van der Waals surface area (Å²) in [7, 11) is 0. The first kappa shape index (κ1) is 16.1. The minimum atomic E-state index is -0.279. The Morgan fingerprint density at radius 2 is 2.20 bits per heavy atom. The molecule has 0 radical (unpaired) electrons. The molecule has 1 aromatic carbocycles. The van der Waals surface area contributed by atoms with E-state index in [0.717, 1.165) is 0 Å². The van der Waals surface area contributed by atoms with Gasteiger partial charge in [0.1, 0.15) is 5.84 Å². The lowest BCUT2D eigenvalue weighted by Gasteiger charge is -2.24. The van der Waals surface area contributed by atoms with Gasteiger partial charge in [-0.2, -0.15) is 0 Å². The standard InChI is InChI=1S/C13H19ClN4O2/c1-3-18(8-9(2)12(15)17-20)13(19)16-11-7-5-4-6-10(11)14/h4-7,9,20H,3,8H2,1-2H3,(H2,15,17)(H,16,19). The topological polar surface area (TPSA) is 90.9 Å². The number of carbonyl (C=O) groups is 1. The Hall–Kier alpha value is -1.95. The van der Waals surface area contributed by atoms with Gasteiger partial charge in [0, 0.05) is 19.0 Å². The second kappa shape index (κ2) is 7.59. The maximum Gasteiger partial charge on any atom is 0.321 e. The predicted octanol–water partition coefficient (Wildman–Crippen LogP) is 2.58. The lowest BCUT2D eigenvalue weighted by molar-refractivity contribution is 0.210. The molecular weight excluding hydrogens is 280 g/mol. The highest BCUT2D eigenvalue weighted by Gasteiger charge is 2.18. The zero-order valence-corrected chi connectivity index (χ0v) is 12.3. The molecule has 1 unspecified atom stereocenters. The van der Waals surface area contributed by atoms with Gasteiger partial charge in [0.2, 0.25) is 0 Å². The molecule has 0 aliphatic rings. The van der Waals surface area contributed by atoms with Crippen LogP contribution in [0.5, 0.6) is 0 Å².